The Morgan fingerprint density at radius 2 is 0.623 bits per heavy atom. The van der Waals surface area contributed by atoms with Gasteiger partial charge in [-0.1, -0.05) is 231 Å². The van der Waals surface area contributed by atoms with Crippen LogP contribution in [0.1, 0.15) is 37.8 Å². The van der Waals surface area contributed by atoms with Crippen LogP contribution in [0.4, 0.5) is 0 Å². The van der Waals surface area contributed by atoms with Gasteiger partial charge in [-0.05, 0) is 108 Å². The summed E-state index contributed by atoms with van der Waals surface area (Å²) in [4.78, 5) is 32.6. The molecule has 0 aliphatic carbocycles. The Labute approximate surface area is 479 Å². The molecule has 0 spiro atoms. The highest BCUT2D eigenvalue weighted by atomic mass is 32.3. The number of rotatable bonds is 28. The van der Waals surface area contributed by atoms with Gasteiger partial charge in [0.05, 0.1) is 0 Å². The van der Waals surface area contributed by atoms with Crippen molar-refractivity contribution in [3.63, 3.8) is 0 Å². The fourth-order valence-corrected chi connectivity index (χ4v) is 18.1. The minimum absolute atomic E-state index is 0.129. The van der Waals surface area contributed by atoms with Crippen LogP contribution in [0.5, 0.6) is 11.5 Å². The van der Waals surface area contributed by atoms with E-state index in [1.807, 2.05) is 133 Å². The number of thioether (sulfide) groups is 6. The van der Waals surface area contributed by atoms with Crippen molar-refractivity contribution in [1.82, 2.24) is 0 Å². The predicted octanol–water partition coefficient (Wildman–Crippen LogP) is 17.8. The van der Waals surface area contributed by atoms with Crippen molar-refractivity contribution in [3.8, 4) is 11.5 Å². The predicted molar refractivity (Wildman–Crippen MR) is 325 cm³/mol. The van der Waals surface area contributed by atoms with E-state index in [4.69, 9.17) is 18.9 Å². The van der Waals surface area contributed by atoms with Crippen molar-refractivity contribution >= 4 is 82.5 Å². The zero-order valence-electron chi connectivity index (χ0n) is 42.9. The number of hydrogen-bond acceptors (Lipinski definition) is 12. The summed E-state index contributed by atoms with van der Waals surface area (Å²) in [6.45, 7) is 12.0. The van der Waals surface area contributed by atoms with Crippen molar-refractivity contribution in [2.75, 3.05) is 13.2 Å². The molecular weight excluding hydrogens is 1070 g/mol. The first-order chi connectivity index (χ1) is 37.5. The third-order valence-corrected chi connectivity index (χ3v) is 20.9. The van der Waals surface area contributed by atoms with Crippen LogP contribution in [0.15, 0.2) is 285 Å². The number of ether oxygens (including phenoxy) is 4. The molecule has 0 aromatic heterocycles. The van der Waals surface area contributed by atoms with Gasteiger partial charge in [0, 0.05) is 59.8 Å². The van der Waals surface area contributed by atoms with Crippen molar-refractivity contribution in [2.24, 2.45) is 0 Å². The summed E-state index contributed by atoms with van der Waals surface area (Å²) in [7, 11) is 0. The quantitative estimate of drug-likeness (QED) is 0.0203. The van der Waals surface area contributed by atoms with Crippen LogP contribution < -0.4 is 9.47 Å². The SMILES string of the molecule is C=CC(=O)OC(COc1ccc(C(C)(C)c2ccc(OCC(CC(Sc3ccccc3)(Sc3ccccc3)Sc3ccccc3)OC(=O)C=C)cc2)cc1)CC(Sc1ccccc1)(Sc1ccccc1)Sc1ccccc1. The van der Waals surface area contributed by atoms with Gasteiger partial charge in [-0.2, -0.15) is 0 Å². The zero-order valence-corrected chi connectivity index (χ0v) is 47.8. The second-order valence-electron chi connectivity index (χ2n) is 18.1. The van der Waals surface area contributed by atoms with E-state index in [2.05, 4.69) is 124 Å². The minimum Gasteiger partial charge on any atom is -0.490 e. The number of esters is 2. The van der Waals surface area contributed by atoms with Gasteiger partial charge in [0.1, 0.15) is 43.7 Å². The summed E-state index contributed by atoms with van der Waals surface area (Å²) in [6.07, 6.45) is 2.07. The Bertz CT molecular complexity index is 2670. The van der Waals surface area contributed by atoms with Gasteiger partial charge < -0.3 is 18.9 Å². The molecule has 6 nitrogen and oxygen atoms in total. The van der Waals surface area contributed by atoms with Crippen LogP contribution in [-0.4, -0.2) is 44.2 Å². The minimum atomic E-state index is -0.623. The molecule has 8 aromatic carbocycles. The zero-order chi connectivity index (χ0) is 53.8. The van der Waals surface area contributed by atoms with E-state index in [1.165, 1.54) is 12.2 Å². The normalized spacial score (nSPS) is 12.4. The largest absolute Gasteiger partial charge is 0.490 e. The molecule has 0 saturated carbocycles. The Balaban J connectivity index is 0.974. The highest BCUT2D eigenvalue weighted by molar-refractivity contribution is 8.34. The average Bonchev–Trinajstić information content (AvgIpc) is 3.46. The first kappa shape index (κ1) is 57.1. The maximum absolute atomic E-state index is 13.0. The van der Waals surface area contributed by atoms with E-state index in [0.29, 0.717) is 24.3 Å². The summed E-state index contributed by atoms with van der Waals surface area (Å²) in [6, 6.07) is 78.1. The summed E-state index contributed by atoms with van der Waals surface area (Å²) in [5.41, 5.74) is 1.77. The molecule has 2 atom stereocenters. The molecule has 12 heteroatoms. The second-order valence-corrected chi connectivity index (χ2v) is 27.9. The topological polar surface area (TPSA) is 71.1 Å². The average molecular weight is 1130 g/mol. The monoisotopic (exact) mass is 1130 g/mol. The lowest BCUT2D eigenvalue weighted by Gasteiger charge is -2.35. The molecule has 0 amide bonds. The van der Waals surface area contributed by atoms with Crippen LogP contribution in [0.2, 0.25) is 0 Å². The number of benzene rings is 8. The lowest BCUT2D eigenvalue weighted by molar-refractivity contribution is -0.145. The van der Waals surface area contributed by atoms with E-state index >= 15 is 0 Å². The van der Waals surface area contributed by atoms with Crippen molar-refractivity contribution < 1.29 is 28.5 Å². The molecule has 8 rings (SSSR count). The van der Waals surface area contributed by atoms with Crippen LogP contribution in [0.25, 0.3) is 0 Å². The Kier molecular flexibility index (Phi) is 21.1. The fourth-order valence-electron chi connectivity index (χ4n) is 8.12. The summed E-state index contributed by atoms with van der Waals surface area (Å²) in [5, 5.41) is 0. The Morgan fingerprint density at radius 1 is 0.390 bits per heavy atom. The molecular formula is C65H60O6S6. The molecule has 0 fully saturated rings. The van der Waals surface area contributed by atoms with Gasteiger partial charge in [0.15, 0.2) is 0 Å². The maximum atomic E-state index is 13.0. The van der Waals surface area contributed by atoms with E-state index in [1.54, 1.807) is 70.6 Å². The van der Waals surface area contributed by atoms with E-state index < -0.39 is 36.4 Å². The van der Waals surface area contributed by atoms with Gasteiger partial charge >= 0.3 is 11.9 Å². The molecule has 0 aliphatic heterocycles. The summed E-state index contributed by atoms with van der Waals surface area (Å²) >= 11 is 10.5. The summed E-state index contributed by atoms with van der Waals surface area (Å²) in [5.74, 6) is 0.296. The molecule has 0 radical (unpaired) electrons. The van der Waals surface area contributed by atoms with Crippen LogP contribution in [-0.2, 0) is 24.5 Å². The smallest absolute Gasteiger partial charge is 0.330 e. The third kappa shape index (κ3) is 17.4. The van der Waals surface area contributed by atoms with Gasteiger partial charge in [-0.25, -0.2) is 9.59 Å². The Hall–Kier alpha value is -6.12. The molecule has 0 saturated heterocycles. The molecule has 0 N–H and O–H groups in total. The van der Waals surface area contributed by atoms with Crippen LogP contribution >= 0.6 is 70.6 Å². The number of carbonyl (C=O) groups is 2. The lowest BCUT2D eigenvalue weighted by atomic mass is 9.78. The van der Waals surface area contributed by atoms with Gasteiger partial charge in [0.25, 0.3) is 0 Å². The van der Waals surface area contributed by atoms with E-state index in [0.717, 1.165) is 40.5 Å². The van der Waals surface area contributed by atoms with Crippen LogP contribution in [0.3, 0.4) is 0 Å². The van der Waals surface area contributed by atoms with Crippen molar-refractivity contribution in [2.45, 2.75) is 80.5 Å². The number of carbonyl (C=O) groups excluding carboxylic acids is 2. The number of hydrogen-bond donors (Lipinski definition) is 0. The molecule has 8 aromatic rings. The van der Waals surface area contributed by atoms with Gasteiger partial charge in [-0.15, -0.1) is 0 Å². The first-order valence-corrected chi connectivity index (χ1v) is 30.0. The third-order valence-electron chi connectivity index (χ3n) is 12.0. The fraction of sp³-hybridized carbons (Fsp3) is 0.169. The van der Waals surface area contributed by atoms with E-state index in [-0.39, 0.29) is 13.2 Å². The second kappa shape index (κ2) is 28.5. The maximum Gasteiger partial charge on any atom is 0.330 e. The molecule has 2 unspecified atom stereocenters. The van der Waals surface area contributed by atoms with Crippen LogP contribution in [0, 0.1) is 0 Å². The van der Waals surface area contributed by atoms with Crippen molar-refractivity contribution in [1.29, 1.82) is 0 Å². The molecule has 77 heavy (non-hydrogen) atoms. The van der Waals surface area contributed by atoms with Crippen molar-refractivity contribution in [3.05, 3.63) is 267 Å². The molecule has 0 bridgehead atoms. The highest BCUT2D eigenvalue weighted by Gasteiger charge is 2.40. The van der Waals surface area contributed by atoms with E-state index in [9.17, 15) is 9.59 Å². The molecule has 0 aliphatic rings. The van der Waals surface area contributed by atoms with Gasteiger partial charge in [-0.3, -0.25) is 0 Å². The standard InChI is InChI=1S/C65H60O6S6/c1-5-61(66)70-53(45-64(72-55-25-13-7-14-26-55,73-56-27-15-8-16-28-56)74-57-29-17-9-18-30-57)47-68-51-41-37-49(38-42-51)63(3,4)50-39-43-52(44-40-50)69-48-54(71-62(67)6-2)46-65(75-58-31-19-10-20-32-58,76-59-33-21-11-22-34-59)77-60-35-23-12-24-36-60/h5-44,53-54H,1-2,45-48H2,3-4H3. The first-order valence-electron chi connectivity index (χ1n) is 25.1. The molecule has 392 valence electrons. The van der Waals surface area contributed by atoms with Gasteiger partial charge in [0.2, 0.25) is 0 Å². The summed E-state index contributed by atoms with van der Waals surface area (Å²) < 4.78 is 24.1. The Morgan fingerprint density at radius 3 is 0.844 bits per heavy atom. The lowest BCUT2D eigenvalue weighted by Crippen LogP contribution is -2.32. The molecule has 0 heterocycles. The highest BCUT2D eigenvalue weighted by Crippen LogP contribution is 2.59.